The lowest BCUT2D eigenvalue weighted by Crippen LogP contribution is -2.26. The highest BCUT2D eigenvalue weighted by Crippen LogP contribution is 2.24. The molecule has 0 bridgehead atoms. The smallest absolute Gasteiger partial charge is 0.295 e. The SMILES string of the molecule is CN(C)C(=O)SC(=O)N(C)c1ccc(CC(C)(C)C)cc1. The van der Waals surface area contributed by atoms with Crippen LogP contribution in [-0.4, -0.2) is 36.5 Å². The fourth-order valence-electron chi connectivity index (χ4n) is 1.79. The maximum Gasteiger partial charge on any atom is 0.295 e. The number of nitrogens with zero attached hydrogens (tertiary/aromatic N) is 2. The summed E-state index contributed by atoms with van der Waals surface area (Å²) in [6.45, 7) is 6.58. The van der Waals surface area contributed by atoms with Gasteiger partial charge in [0.2, 0.25) is 0 Å². The normalized spacial score (nSPS) is 11.1. The van der Waals surface area contributed by atoms with Crippen LogP contribution in [0.2, 0.25) is 0 Å². The first kappa shape index (κ1) is 17.6. The summed E-state index contributed by atoms with van der Waals surface area (Å²) >= 11 is 0.699. The van der Waals surface area contributed by atoms with Gasteiger partial charge in [0.05, 0.1) is 0 Å². The van der Waals surface area contributed by atoms with Crippen LogP contribution in [0, 0.1) is 5.41 Å². The first-order valence-corrected chi connectivity index (χ1v) is 7.67. The molecule has 0 aliphatic rings. The second kappa shape index (κ2) is 6.98. The summed E-state index contributed by atoms with van der Waals surface area (Å²) in [5.41, 5.74) is 2.26. The lowest BCUT2D eigenvalue weighted by Gasteiger charge is -2.20. The van der Waals surface area contributed by atoms with Crippen molar-refractivity contribution in [1.82, 2.24) is 4.90 Å². The average molecular weight is 308 g/mol. The first-order valence-electron chi connectivity index (χ1n) is 6.86. The number of amides is 2. The molecule has 0 radical (unpaired) electrons. The molecule has 1 rings (SSSR count). The molecular weight excluding hydrogens is 284 g/mol. The van der Waals surface area contributed by atoms with Crippen molar-refractivity contribution in [2.75, 3.05) is 26.0 Å². The minimum absolute atomic E-state index is 0.233. The zero-order valence-electron chi connectivity index (χ0n) is 13.6. The van der Waals surface area contributed by atoms with Crippen LogP contribution in [0.4, 0.5) is 15.3 Å². The first-order chi connectivity index (χ1) is 9.60. The largest absolute Gasteiger partial charge is 0.339 e. The van der Waals surface area contributed by atoms with E-state index in [-0.39, 0.29) is 15.9 Å². The van der Waals surface area contributed by atoms with Crippen LogP contribution < -0.4 is 4.90 Å². The number of benzene rings is 1. The number of thioether (sulfide) groups is 1. The highest BCUT2D eigenvalue weighted by atomic mass is 32.2. The molecule has 116 valence electrons. The van der Waals surface area contributed by atoms with Gasteiger partial charge in [-0.1, -0.05) is 32.9 Å². The quantitative estimate of drug-likeness (QED) is 0.820. The molecule has 21 heavy (non-hydrogen) atoms. The van der Waals surface area contributed by atoms with Crippen molar-refractivity contribution in [1.29, 1.82) is 0 Å². The van der Waals surface area contributed by atoms with E-state index < -0.39 is 0 Å². The van der Waals surface area contributed by atoms with Gasteiger partial charge in [0.25, 0.3) is 10.5 Å². The number of carbonyl (C=O) groups is 2. The van der Waals surface area contributed by atoms with E-state index >= 15 is 0 Å². The van der Waals surface area contributed by atoms with Gasteiger partial charge in [-0.15, -0.1) is 0 Å². The predicted molar refractivity (Wildman–Crippen MR) is 90.1 cm³/mol. The highest BCUT2D eigenvalue weighted by molar-refractivity contribution is 8.26. The van der Waals surface area contributed by atoms with E-state index in [2.05, 4.69) is 20.8 Å². The third-order valence-corrected chi connectivity index (χ3v) is 3.86. The van der Waals surface area contributed by atoms with Gasteiger partial charge >= 0.3 is 0 Å². The third-order valence-electron chi connectivity index (χ3n) is 2.87. The van der Waals surface area contributed by atoms with Crippen LogP contribution in [0.3, 0.4) is 0 Å². The topological polar surface area (TPSA) is 40.6 Å². The Kier molecular flexibility index (Phi) is 5.84. The Bertz CT molecular complexity index is 504. The molecule has 4 nitrogen and oxygen atoms in total. The molecule has 0 atom stereocenters. The predicted octanol–water partition coefficient (Wildman–Crippen LogP) is 4.25. The zero-order valence-corrected chi connectivity index (χ0v) is 14.5. The number of hydrogen-bond donors (Lipinski definition) is 0. The molecule has 0 aliphatic carbocycles. The molecule has 0 saturated carbocycles. The standard InChI is InChI=1S/C16H24N2O2S/c1-16(2,3)11-12-7-9-13(10-8-12)18(6)15(20)21-14(19)17(4)5/h7-10H,11H2,1-6H3. The van der Waals surface area contributed by atoms with Crippen molar-refractivity contribution in [2.24, 2.45) is 5.41 Å². The van der Waals surface area contributed by atoms with E-state index in [0.29, 0.717) is 11.8 Å². The molecule has 0 aliphatic heterocycles. The molecular formula is C16H24N2O2S. The van der Waals surface area contributed by atoms with Gasteiger partial charge in [-0.2, -0.15) is 0 Å². The van der Waals surface area contributed by atoms with Gasteiger partial charge in [-0.3, -0.25) is 9.59 Å². The Balaban J connectivity index is 2.73. The summed E-state index contributed by atoms with van der Waals surface area (Å²) in [5.74, 6) is 0. The summed E-state index contributed by atoms with van der Waals surface area (Å²) in [6, 6.07) is 7.89. The molecule has 2 amide bonds. The maximum atomic E-state index is 12.0. The number of hydrogen-bond acceptors (Lipinski definition) is 3. The third kappa shape index (κ3) is 5.79. The van der Waals surface area contributed by atoms with Gasteiger partial charge in [-0.05, 0) is 29.5 Å². The second-order valence-corrected chi connectivity index (χ2v) is 7.39. The molecule has 0 saturated heterocycles. The van der Waals surface area contributed by atoms with Crippen LogP contribution in [0.1, 0.15) is 26.3 Å². The summed E-state index contributed by atoms with van der Waals surface area (Å²) in [4.78, 5) is 26.4. The van der Waals surface area contributed by atoms with Crippen molar-refractivity contribution < 1.29 is 9.59 Å². The lowest BCUT2D eigenvalue weighted by molar-refractivity contribution is 0.241. The summed E-state index contributed by atoms with van der Waals surface area (Å²) in [6.07, 6.45) is 0.985. The zero-order chi connectivity index (χ0) is 16.2. The Morgan fingerprint density at radius 3 is 1.95 bits per heavy atom. The summed E-state index contributed by atoms with van der Waals surface area (Å²) < 4.78 is 0. The van der Waals surface area contributed by atoms with Crippen molar-refractivity contribution in [3.05, 3.63) is 29.8 Å². The Morgan fingerprint density at radius 2 is 1.52 bits per heavy atom. The lowest BCUT2D eigenvalue weighted by atomic mass is 9.88. The Labute approximate surface area is 131 Å². The van der Waals surface area contributed by atoms with Crippen molar-refractivity contribution in [3.63, 3.8) is 0 Å². The van der Waals surface area contributed by atoms with E-state index in [1.165, 1.54) is 15.4 Å². The molecule has 0 spiro atoms. The van der Waals surface area contributed by atoms with Gasteiger partial charge in [-0.25, -0.2) is 0 Å². The van der Waals surface area contributed by atoms with Crippen LogP contribution in [0.15, 0.2) is 24.3 Å². The molecule has 0 N–H and O–H groups in total. The van der Waals surface area contributed by atoms with E-state index in [1.54, 1.807) is 21.1 Å². The van der Waals surface area contributed by atoms with E-state index in [9.17, 15) is 9.59 Å². The average Bonchev–Trinajstić information content (AvgIpc) is 2.36. The summed E-state index contributed by atoms with van der Waals surface area (Å²) in [5, 5.41) is -0.548. The highest BCUT2D eigenvalue weighted by Gasteiger charge is 2.18. The van der Waals surface area contributed by atoms with Crippen LogP contribution in [-0.2, 0) is 6.42 Å². The van der Waals surface area contributed by atoms with Crippen molar-refractivity contribution in [2.45, 2.75) is 27.2 Å². The Morgan fingerprint density at radius 1 is 1.00 bits per heavy atom. The molecule has 0 aromatic heterocycles. The number of anilines is 1. The fraction of sp³-hybridized carbons (Fsp3) is 0.500. The van der Waals surface area contributed by atoms with Gasteiger partial charge in [0, 0.05) is 38.6 Å². The molecule has 1 aromatic carbocycles. The summed E-state index contributed by atoms with van der Waals surface area (Å²) in [7, 11) is 4.94. The van der Waals surface area contributed by atoms with E-state index in [1.807, 2.05) is 24.3 Å². The van der Waals surface area contributed by atoms with E-state index in [4.69, 9.17) is 0 Å². The van der Waals surface area contributed by atoms with Gasteiger partial charge in [0.1, 0.15) is 0 Å². The van der Waals surface area contributed by atoms with Crippen LogP contribution >= 0.6 is 11.8 Å². The van der Waals surface area contributed by atoms with E-state index in [0.717, 1.165) is 12.1 Å². The van der Waals surface area contributed by atoms with Crippen molar-refractivity contribution >= 4 is 27.9 Å². The van der Waals surface area contributed by atoms with Crippen LogP contribution in [0.25, 0.3) is 0 Å². The minimum atomic E-state index is -0.280. The van der Waals surface area contributed by atoms with Gasteiger partial charge in [0.15, 0.2) is 0 Å². The Hall–Kier alpha value is -1.49. The second-order valence-electron chi connectivity index (χ2n) is 6.49. The minimum Gasteiger partial charge on any atom is -0.339 e. The molecule has 0 unspecified atom stereocenters. The molecule has 0 heterocycles. The fourth-order valence-corrected chi connectivity index (χ4v) is 2.36. The number of rotatable bonds is 2. The maximum absolute atomic E-state index is 12.0. The number of carbonyl (C=O) groups excluding carboxylic acids is 2. The monoisotopic (exact) mass is 308 g/mol. The van der Waals surface area contributed by atoms with Gasteiger partial charge < -0.3 is 9.80 Å². The molecule has 0 fully saturated rings. The van der Waals surface area contributed by atoms with Crippen molar-refractivity contribution in [3.8, 4) is 0 Å². The molecule has 1 aromatic rings. The van der Waals surface area contributed by atoms with Crippen LogP contribution in [0.5, 0.6) is 0 Å². The molecule has 5 heteroatoms.